The van der Waals surface area contributed by atoms with Crippen molar-refractivity contribution in [2.24, 2.45) is 4.99 Å². The van der Waals surface area contributed by atoms with Crippen LogP contribution in [0.5, 0.6) is 0 Å². The number of halogens is 1. The molecule has 0 unspecified atom stereocenters. The fourth-order valence-corrected chi connectivity index (χ4v) is 4.49. The van der Waals surface area contributed by atoms with E-state index in [1.54, 1.807) is 0 Å². The summed E-state index contributed by atoms with van der Waals surface area (Å²) in [5, 5.41) is 14.5. The van der Waals surface area contributed by atoms with Crippen LogP contribution in [0.2, 0.25) is 5.02 Å². The molecule has 23 heavy (non-hydrogen) atoms. The number of anilines is 1. The lowest BCUT2D eigenvalue weighted by Gasteiger charge is -2.28. The van der Waals surface area contributed by atoms with Crippen molar-refractivity contribution < 1.29 is 9.90 Å². The second-order valence-electron chi connectivity index (χ2n) is 6.00. The summed E-state index contributed by atoms with van der Waals surface area (Å²) in [5.74, 6) is 0.118. The Hall–Kier alpha value is -1.69. The smallest absolute Gasteiger partial charge is 0.214 e. The zero-order valence-corrected chi connectivity index (χ0v) is 14.3. The standard InChI is InChI=1S/C17H15ClN2O2S/c1-8-3-4-10(7-11(8)18)12-9(2)23-14-13(12)20-16-17(22,15(14)21)5-6-19-16/h3-4,7,22H,5-6H2,1-2H3,(H,19,20)/t17-/m1/s1. The first-order valence-electron chi connectivity index (χ1n) is 7.41. The van der Waals surface area contributed by atoms with Gasteiger partial charge in [-0.2, -0.15) is 0 Å². The summed E-state index contributed by atoms with van der Waals surface area (Å²) in [5.41, 5.74) is 2.18. The number of hydrogen-bond donors (Lipinski definition) is 2. The molecule has 1 atom stereocenters. The molecule has 0 saturated carbocycles. The lowest BCUT2D eigenvalue weighted by molar-refractivity contribution is 0.0601. The molecule has 0 aliphatic carbocycles. The monoisotopic (exact) mass is 346 g/mol. The Bertz CT molecular complexity index is 887. The molecule has 3 heterocycles. The average molecular weight is 347 g/mol. The number of nitrogens with one attached hydrogen (secondary N) is 1. The van der Waals surface area contributed by atoms with Crippen LogP contribution in [0, 0.1) is 13.8 Å². The third-order valence-corrected chi connectivity index (χ3v) is 6.02. The predicted molar refractivity (Wildman–Crippen MR) is 94.1 cm³/mol. The number of nitrogens with zero attached hydrogens (tertiary/aromatic N) is 1. The van der Waals surface area contributed by atoms with E-state index in [0.29, 0.717) is 28.7 Å². The number of ketones is 1. The third-order valence-electron chi connectivity index (χ3n) is 4.51. The third kappa shape index (κ3) is 2.00. The Morgan fingerprint density at radius 2 is 2.17 bits per heavy atom. The largest absolute Gasteiger partial charge is 0.374 e. The summed E-state index contributed by atoms with van der Waals surface area (Å²) in [7, 11) is 0. The van der Waals surface area contributed by atoms with E-state index in [0.717, 1.165) is 27.3 Å². The van der Waals surface area contributed by atoms with Crippen LogP contribution in [0.15, 0.2) is 23.2 Å². The molecular weight excluding hydrogens is 332 g/mol. The topological polar surface area (TPSA) is 61.7 Å². The summed E-state index contributed by atoms with van der Waals surface area (Å²) in [4.78, 5) is 18.6. The number of rotatable bonds is 1. The van der Waals surface area contributed by atoms with Crippen molar-refractivity contribution in [3.05, 3.63) is 38.5 Å². The predicted octanol–water partition coefficient (Wildman–Crippen LogP) is 3.83. The van der Waals surface area contributed by atoms with Gasteiger partial charge in [0.1, 0.15) is 5.84 Å². The number of amidine groups is 1. The van der Waals surface area contributed by atoms with E-state index in [-0.39, 0.29) is 5.78 Å². The van der Waals surface area contributed by atoms with Gasteiger partial charge in [0.25, 0.3) is 0 Å². The second-order valence-corrected chi connectivity index (χ2v) is 7.63. The van der Waals surface area contributed by atoms with Gasteiger partial charge in [0.05, 0.1) is 10.6 Å². The molecule has 6 heteroatoms. The van der Waals surface area contributed by atoms with Gasteiger partial charge < -0.3 is 10.4 Å². The van der Waals surface area contributed by atoms with Crippen molar-refractivity contribution in [2.45, 2.75) is 25.9 Å². The van der Waals surface area contributed by atoms with E-state index >= 15 is 0 Å². The Morgan fingerprint density at radius 1 is 1.39 bits per heavy atom. The first-order valence-corrected chi connectivity index (χ1v) is 8.60. The Kier molecular flexibility index (Phi) is 3.17. The van der Waals surface area contributed by atoms with Gasteiger partial charge in [-0.1, -0.05) is 23.7 Å². The summed E-state index contributed by atoms with van der Waals surface area (Å²) >= 11 is 7.67. The Morgan fingerprint density at radius 3 is 2.91 bits per heavy atom. The normalized spacial score (nSPS) is 22.4. The van der Waals surface area contributed by atoms with Crippen LogP contribution < -0.4 is 5.32 Å². The number of aliphatic imine (C=N–C) groups is 1. The van der Waals surface area contributed by atoms with Crippen molar-refractivity contribution in [1.82, 2.24) is 0 Å². The van der Waals surface area contributed by atoms with E-state index in [1.165, 1.54) is 11.3 Å². The van der Waals surface area contributed by atoms with Crippen LogP contribution in [-0.2, 0) is 0 Å². The van der Waals surface area contributed by atoms with Gasteiger partial charge in [-0.05, 0) is 31.0 Å². The minimum atomic E-state index is -1.48. The first-order chi connectivity index (χ1) is 10.9. The minimum absolute atomic E-state index is 0.250. The quantitative estimate of drug-likeness (QED) is 0.825. The van der Waals surface area contributed by atoms with E-state index in [1.807, 2.05) is 32.0 Å². The molecule has 0 fully saturated rings. The molecule has 0 saturated heterocycles. The van der Waals surface area contributed by atoms with Crippen molar-refractivity contribution in [3.63, 3.8) is 0 Å². The molecule has 4 rings (SSSR count). The number of aryl methyl sites for hydroxylation is 2. The van der Waals surface area contributed by atoms with Gasteiger partial charge in [0.15, 0.2) is 5.60 Å². The maximum Gasteiger partial charge on any atom is 0.214 e. The number of benzene rings is 1. The van der Waals surface area contributed by atoms with E-state index in [9.17, 15) is 9.90 Å². The molecule has 0 amide bonds. The number of carbonyl (C=O) groups excluding carboxylic acids is 1. The fraction of sp³-hybridized carbons (Fsp3) is 0.294. The zero-order chi connectivity index (χ0) is 16.4. The second kappa shape index (κ2) is 4.90. The SMILES string of the molecule is Cc1ccc(-c2c(C)sc3c2NC2=NCC[C@@]2(O)C3=O)cc1Cl. The van der Waals surface area contributed by atoms with E-state index in [4.69, 9.17) is 11.6 Å². The van der Waals surface area contributed by atoms with Crippen molar-refractivity contribution in [3.8, 4) is 11.1 Å². The van der Waals surface area contributed by atoms with Crippen LogP contribution in [0.3, 0.4) is 0 Å². The van der Waals surface area contributed by atoms with Crippen LogP contribution >= 0.6 is 22.9 Å². The molecule has 0 radical (unpaired) electrons. The minimum Gasteiger partial charge on any atom is -0.374 e. The summed E-state index contributed by atoms with van der Waals surface area (Å²) in [6.07, 6.45) is 0.343. The lowest BCUT2D eigenvalue weighted by atomic mass is 9.89. The summed E-state index contributed by atoms with van der Waals surface area (Å²) < 4.78 is 0. The number of hydrogen-bond acceptors (Lipinski definition) is 5. The van der Waals surface area contributed by atoms with Gasteiger partial charge in [-0.15, -0.1) is 11.3 Å². The number of aliphatic hydroxyl groups is 1. The van der Waals surface area contributed by atoms with Crippen LogP contribution in [0.25, 0.3) is 11.1 Å². The molecule has 2 aromatic rings. The van der Waals surface area contributed by atoms with Crippen LogP contribution in [-0.4, -0.2) is 28.9 Å². The molecule has 118 valence electrons. The maximum atomic E-state index is 12.8. The highest BCUT2D eigenvalue weighted by Crippen LogP contribution is 2.46. The van der Waals surface area contributed by atoms with Gasteiger partial charge in [-0.25, -0.2) is 0 Å². The number of carbonyl (C=O) groups is 1. The Labute approximate surface area is 142 Å². The Balaban J connectivity index is 1.92. The van der Waals surface area contributed by atoms with E-state index < -0.39 is 5.60 Å². The number of Topliss-reactive ketones (excluding diaryl/α,β-unsaturated/α-hetero) is 1. The van der Waals surface area contributed by atoms with Crippen molar-refractivity contribution in [1.29, 1.82) is 0 Å². The fourth-order valence-electron chi connectivity index (χ4n) is 3.17. The molecule has 2 N–H and O–H groups in total. The van der Waals surface area contributed by atoms with Gasteiger partial charge in [0.2, 0.25) is 5.78 Å². The van der Waals surface area contributed by atoms with E-state index in [2.05, 4.69) is 10.3 Å². The highest BCUT2D eigenvalue weighted by molar-refractivity contribution is 7.15. The highest BCUT2D eigenvalue weighted by Gasteiger charge is 2.50. The molecule has 0 bridgehead atoms. The van der Waals surface area contributed by atoms with Crippen molar-refractivity contribution in [2.75, 3.05) is 11.9 Å². The van der Waals surface area contributed by atoms with Gasteiger partial charge >= 0.3 is 0 Å². The van der Waals surface area contributed by atoms with Crippen LogP contribution in [0.4, 0.5) is 5.69 Å². The molecule has 2 aliphatic heterocycles. The lowest BCUT2D eigenvalue weighted by Crippen LogP contribution is -2.50. The molecular formula is C17H15ClN2O2S. The van der Waals surface area contributed by atoms with Gasteiger partial charge in [0, 0.05) is 28.4 Å². The average Bonchev–Trinajstić information content (AvgIpc) is 3.04. The first kappa shape index (κ1) is 14.9. The molecule has 1 aromatic heterocycles. The molecule has 4 nitrogen and oxygen atoms in total. The van der Waals surface area contributed by atoms with Crippen molar-refractivity contribution >= 4 is 40.2 Å². The number of fused-ring (bicyclic) bond motifs is 2. The summed E-state index contributed by atoms with van der Waals surface area (Å²) in [6.45, 7) is 4.39. The molecule has 2 aliphatic rings. The zero-order valence-electron chi connectivity index (χ0n) is 12.7. The summed E-state index contributed by atoms with van der Waals surface area (Å²) in [6, 6.07) is 5.88. The maximum absolute atomic E-state index is 12.8. The number of thiophene rings is 1. The highest BCUT2D eigenvalue weighted by atomic mass is 35.5. The molecule has 0 spiro atoms. The molecule has 1 aromatic carbocycles. The van der Waals surface area contributed by atoms with Gasteiger partial charge in [-0.3, -0.25) is 9.79 Å². The van der Waals surface area contributed by atoms with Crippen LogP contribution in [0.1, 0.15) is 26.5 Å².